The average Bonchev–Trinajstić information content (AvgIpc) is 2.83. The molecule has 172 valence electrons. The number of benzene rings is 2. The van der Waals surface area contributed by atoms with Crippen LogP contribution in [0.1, 0.15) is 15.9 Å². The van der Waals surface area contributed by atoms with E-state index in [0.717, 1.165) is 0 Å². The van der Waals surface area contributed by atoms with Crippen molar-refractivity contribution in [1.82, 2.24) is 9.55 Å². The van der Waals surface area contributed by atoms with Gasteiger partial charge in [-0.1, -0.05) is 36.4 Å². The highest BCUT2D eigenvalue weighted by molar-refractivity contribution is 7.54. The molecule has 10 nitrogen and oxygen atoms in total. The molecule has 33 heavy (non-hydrogen) atoms. The maximum atomic E-state index is 13.6. The maximum absolute atomic E-state index is 13.6. The zero-order valence-corrected chi connectivity index (χ0v) is 18.4. The van der Waals surface area contributed by atoms with E-state index in [4.69, 9.17) is 24.3 Å². The van der Waals surface area contributed by atoms with Gasteiger partial charge in [0.1, 0.15) is 24.3 Å². The van der Waals surface area contributed by atoms with Crippen molar-refractivity contribution < 1.29 is 27.9 Å². The first-order chi connectivity index (χ1) is 15.9. The van der Waals surface area contributed by atoms with Crippen LogP contribution in [0.15, 0.2) is 71.7 Å². The molecule has 0 fully saturated rings. The molecule has 11 heteroatoms. The summed E-state index contributed by atoms with van der Waals surface area (Å²) in [4.78, 5) is 28.5. The van der Waals surface area contributed by atoms with E-state index in [1.165, 1.54) is 16.8 Å². The van der Waals surface area contributed by atoms with Gasteiger partial charge in [-0.15, -0.1) is 0 Å². The van der Waals surface area contributed by atoms with Gasteiger partial charge in [0, 0.05) is 6.20 Å². The number of para-hydroxylation sites is 1. The molecule has 1 aliphatic rings. The molecule has 2 N–H and O–H groups in total. The summed E-state index contributed by atoms with van der Waals surface area (Å²) in [6, 6.07) is 16.7. The van der Waals surface area contributed by atoms with Gasteiger partial charge in [0.05, 0.1) is 18.7 Å². The third-order valence-corrected chi connectivity index (χ3v) is 6.28. The number of nitrogen functional groups attached to an aromatic ring is 1. The third kappa shape index (κ3) is 5.87. The molecule has 0 spiro atoms. The molecule has 1 unspecified atom stereocenters. The number of ether oxygens (including phenoxy) is 2. The van der Waals surface area contributed by atoms with Crippen molar-refractivity contribution in [2.24, 2.45) is 0 Å². The van der Waals surface area contributed by atoms with Crippen molar-refractivity contribution in [3.63, 3.8) is 0 Å². The fourth-order valence-electron chi connectivity index (χ4n) is 3.14. The number of rotatable bonds is 4. The monoisotopic (exact) mass is 471 g/mol. The van der Waals surface area contributed by atoms with Gasteiger partial charge >= 0.3 is 19.3 Å². The summed E-state index contributed by atoms with van der Waals surface area (Å²) in [7, 11) is -3.82. The Bertz CT molecular complexity index is 1230. The van der Waals surface area contributed by atoms with E-state index in [2.05, 4.69) is 4.98 Å². The minimum absolute atomic E-state index is 0.0215. The third-order valence-electron chi connectivity index (χ3n) is 4.81. The Balaban J connectivity index is 1.63. The molecule has 0 bridgehead atoms. The molecule has 0 aliphatic carbocycles. The SMILES string of the molecule is Nc1ccn(C[C@H]2COC(=O)c3ccccc3COP(=O)(Oc3ccccc3)CO2)c(=O)n1. The zero-order valence-electron chi connectivity index (χ0n) is 17.5. The van der Waals surface area contributed by atoms with Gasteiger partial charge in [-0.25, -0.2) is 14.2 Å². The minimum Gasteiger partial charge on any atom is -0.459 e. The normalized spacial score (nSPS) is 21.3. The highest BCUT2D eigenvalue weighted by Crippen LogP contribution is 2.49. The lowest BCUT2D eigenvalue weighted by molar-refractivity contribution is -0.00474. The lowest BCUT2D eigenvalue weighted by atomic mass is 10.1. The van der Waals surface area contributed by atoms with Crippen molar-refractivity contribution in [1.29, 1.82) is 0 Å². The minimum atomic E-state index is -3.82. The molecule has 2 aromatic carbocycles. The second kappa shape index (κ2) is 9.99. The van der Waals surface area contributed by atoms with Crippen molar-refractivity contribution in [3.8, 4) is 5.75 Å². The van der Waals surface area contributed by atoms with Crippen LogP contribution in [0.5, 0.6) is 5.75 Å². The van der Waals surface area contributed by atoms with Gasteiger partial charge in [-0.05, 0) is 29.8 Å². The Morgan fingerprint density at radius 1 is 1.09 bits per heavy atom. The number of anilines is 1. The van der Waals surface area contributed by atoms with E-state index >= 15 is 0 Å². The van der Waals surface area contributed by atoms with Gasteiger partial charge in [0.15, 0.2) is 6.35 Å². The van der Waals surface area contributed by atoms with Gasteiger partial charge in [0.25, 0.3) is 0 Å². The van der Waals surface area contributed by atoms with E-state index in [0.29, 0.717) is 11.3 Å². The Morgan fingerprint density at radius 2 is 1.85 bits per heavy atom. The number of nitrogens with zero attached hydrogens (tertiary/aromatic N) is 2. The number of hydrogen-bond donors (Lipinski definition) is 1. The fourth-order valence-corrected chi connectivity index (χ4v) is 4.49. The van der Waals surface area contributed by atoms with E-state index in [9.17, 15) is 14.2 Å². The van der Waals surface area contributed by atoms with E-state index in [1.807, 2.05) is 0 Å². The molecule has 3 aromatic rings. The summed E-state index contributed by atoms with van der Waals surface area (Å²) in [5.74, 6) is -0.168. The van der Waals surface area contributed by atoms with E-state index in [1.54, 1.807) is 54.6 Å². The molecule has 0 saturated heterocycles. The van der Waals surface area contributed by atoms with Crippen LogP contribution in [0.2, 0.25) is 0 Å². The summed E-state index contributed by atoms with van der Waals surface area (Å²) in [6.45, 7) is -0.369. The second-order valence-corrected chi connectivity index (χ2v) is 9.17. The first-order valence-corrected chi connectivity index (χ1v) is 11.8. The summed E-state index contributed by atoms with van der Waals surface area (Å²) >= 11 is 0. The van der Waals surface area contributed by atoms with Crippen molar-refractivity contribution in [2.75, 3.05) is 18.7 Å². The van der Waals surface area contributed by atoms with Crippen molar-refractivity contribution in [3.05, 3.63) is 88.5 Å². The maximum Gasteiger partial charge on any atom is 0.405 e. The predicted molar refractivity (Wildman–Crippen MR) is 119 cm³/mol. The number of nitrogens with two attached hydrogens (primary N) is 1. The molecule has 1 aliphatic heterocycles. The van der Waals surface area contributed by atoms with Crippen LogP contribution in [0.25, 0.3) is 0 Å². The lowest BCUT2D eigenvalue weighted by Crippen LogP contribution is -2.33. The van der Waals surface area contributed by atoms with Gasteiger partial charge in [0.2, 0.25) is 0 Å². The first kappa shape index (κ1) is 22.7. The first-order valence-electron chi connectivity index (χ1n) is 10.1. The summed E-state index contributed by atoms with van der Waals surface area (Å²) in [5, 5.41) is 0. The molecule has 4 rings (SSSR count). The topological polar surface area (TPSA) is 132 Å². The molecule has 2 heterocycles. The number of esters is 1. The number of cyclic esters (lactones) is 1. The number of fused-ring (bicyclic) bond motifs is 1. The number of aromatic nitrogens is 2. The molecule has 2 atom stereocenters. The van der Waals surface area contributed by atoms with Crippen LogP contribution >= 0.6 is 7.60 Å². The molecule has 1 aromatic heterocycles. The standard InChI is InChI=1S/C22H22N3O7P/c23-20-10-11-25(22(27)24-20)12-18-14-29-21(26)19-9-5-4-6-16(19)13-31-33(28,15-30-18)32-17-7-2-1-3-8-17/h1-11,18H,12-15H2,(H2,23,24,27)/t18-,33?/m0/s1. The predicted octanol–water partition coefficient (Wildman–Crippen LogP) is 2.83. The number of hydrogen-bond acceptors (Lipinski definition) is 9. The van der Waals surface area contributed by atoms with E-state index in [-0.39, 0.29) is 31.1 Å². The van der Waals surface area contributed by atoms with Crippen LogP contribution in [-0.2, 0) is 31.7 Å². The Morgan fingerprint density at radius 3 is 2.64 bits per heavy atom. The molecular weight excluding hydrogens is 449 g/mol. The van der Waals surface area contributed by atoms with Crippen molar-refractivity contribution >= 4 is 19.4 Å². The highest BCUT2D eigenvalue weighted by Gasteiger charge is 2.31. The highest BCUT2D eigenvalue weighted by atomic mass is 31.2. The largest absolute Gasteiger partial charge is 0.459 e. The summed E-state index contributed by atoms with van der Waals surface area (Å²) in [6.07, 6.45) is 0.189. The lowest BCUT2D eigenvalue weighted by Gasteiger charge is -2.22. The Labute approximate surface area is 189 Å². The smallest absolute Gasteiger partial charge is 0.405 e. The number of carbonyl (C=O) groups excluding carboxylic acids is 1. The quantitative estimate of drug-likeness (QED) is 0.451. The summed E-state index contributed by atoms with van der Waals surface area (Å²) in [5.41, 5.74) is 5.72. The van der Waals surface area contributed by atoms with Gasteiger partial charge < -0.3 is 19.7 Å². The Hall–Kier alpha value is -3.46. The van der Waals surface area contributed by atoms with Crippen LogP contribution in [0.4, 0.5) is 5.82 Å². The zero-order chi connectivity index (χ0) is 23.3. The van der Waals surface area contributed by atoms with Gasteiger partial charge in [-0.3, -0.25) is 9.09 Å². The van der Waals surface area contributed by atoms with Crippen LogP contribution in [0.3, 0.4) is 0 Å². The second-order valence-electron chi connectivity index (χ2n) is 7.25. The van der Waals surface area contributed by atoms with Crippen LogP contribution < -0.4 is 15.9 Å². The molecule has 0 saturated carbocycles. The Kier molecular flexibility index (Phi) is 6.88. The van der Waals surface area contributed by atoms with Crippen LogP contribution in [0, 0.1) is 0 Å². The molecular formula is C22H22N3O7P. The average molecular weight is 471 g/mol. The molecule has 0 amide bonds. The summed E-state index contributed by atoms with van der Waals surface area (Å²) < 4.78 is 37.4. The van der Waals surface area contributed by atoms with Crippen LogP contribution in [-0.4, -0.2) is 34.6 Å². The molecule has 0 radical (unpaired) electrons. The fraction of sp³-hybridized carbons (Fsp3) is 0.227. The van der Waals surface area contributed by atoms with Crippen molar-refractivity contribution in [2.45, 2.75) is 19.3 Å². The van der Waals surface area contributed by atoms with Gasteiger partial charge in [-0.2, -0.15) is 4.98 Å². The number of carbonyl (C=O) groups is 1. The van der Waals surface area contributed by atoms with E-state index < -0.39 is 31.7 Å².